The smallest absolute Gasteiger partial charge is 0.302 e. The predicted molar refractivity (Wildman–Crippen MR) is 60.5 cm³/mol. The number of carbonyl (C=O) groups is 1. The van der Waals surface area contributed by atoms with E-state index >= 15 is 0 Å². The van der Waals surface area contributed by atoms with Gasteiger partial charge < -0.3 is 4.90 Å². The minimum absolute atomic E-state index is 0.0992. The molecule has 0 saturated carbocycles. The van der Waals surface area contributed by atoms with E-state index in [2.05, 4.69) is 4.98 Å². The first-order valence-corrected chi connectivity index (χ1v) is 7.45. The SMILES string of the molecule is O=C1CC(CS(=O)(=O)F)CN1Cc1cncs1. The first-order valence-electron chi connectivity index (χ1n) is 5.01. The molecule has 2 rings (SSSR count). The van der Waals surface area contributed by atoms with E-state index in [0.29, 0.717) is 13.1 Å². The summed E-state index contributed by atoms with van der Waals surface area (Å²) in [6, 6.07) is 0. The number of aromatic nitrogens is 1. The molecule has 0 spiro atoms. The highest BCUT2D eigenvalue weighted by molar-refractivity contribution is 7.86. The Balaban J connectivity index is 1.96. The van der Waals surface area contributed by atoms with Crippen LogP contribution in [0.2, 0.25) is 0 Å². The van der Waals surface area contributed by atoms with Crippen LogP contribution in [0.4, 0.5) is 3.89 Å². The molecule has 1 atom stereocenters. The monoisotopic (exact) mass is 278 g/mol. The molecular formula is C9H11FN2O3S2. The van der Waals surface area contributed by atoms with Crippen molar-refractivity contribution in [3.8, 4) is 0 Å². The minimum atomic E-state index is -4.51. The maximum absolute atomic E-state index is 12.5. The van der Waals surface area contributed by atoms with Gasteiger partial charge in [0.15, 0.2) is 0 Å². The molecule has 1 amide bonds. The molecule has 1 saturated heterocycles. The summed E-state index contributed by atoms with van der Waals surface area (Å²) in [5.74, 6) is -1.14. The van der Waals surface area contributed by atoms with Crippen LogP contribution >= 0.6 is 11.3 Å². The molecule has 1 aliphatic rings. The minimum Gasteiger partial charge on any atom is -0.337 e. The molecule has 0 N–H and O–H groups in total. The number of hydrogen-bond donors (Lipinski definition) is 0. The van der Waals surface area contributed by atoms with Crippen molar-refractivity contribution in [3.05, 3.63) is 16.6 Å². The molecule has 1 aromatic heterocycles. The molecule has 0 bridgehead atoms. The molecule has 0 radical (unpaired) electrons. The first-order chi connectivity index (χ1) is 7.94. The Bertz CT molecular complexity index is 500. The molecule has 17 heavy (non-hydrogen) atoms. The van der Waals surface area contributed by atoms with Crippen molar-refractivity contribution in [3.63, 3.8) is 0 Å². The third kappa shape index (κ3) is 3.47. The third-order valence-corrected chi connectivity index (χ3v) is 4.19. The van der Waals surface area contributed by atoms with Gasteiger partial charge in [-0.1, -0.05) is 0 Å². The van der Waals surface area contributed by atoms with Crippen molar-refractivity contribution in [1.82, 2.24) is 9.88 Å². The lowest BCUT2D eigenvalue weighted by Crippen LogP contribution is -2.24. The maximum Gasteiger partial charge on any atom is 0.302 e. The van der Waals surface area contributed by atoms with Gasteiger partial charge in [0.05, 0.1) is 17.8 Å². The summed E-state index contributed by atoms with van der Waals surface area (Å²) in [7, 11) is -4.51. The van der Waals surface area contributed by atoms with Gasteiger partial charge in [-0.15, -0.1) is 15.2 Å². The van der Waals surface area contributed by atoms with Gasteiger partial charge >= 0.3 is 10.2 Å². The zero-order valence-corrected chi connectivity index (χ0v) is 10.5. The van der Waals surface area contributed by atoms with E-state index in [1.54, 1.807) is 16.6 Å². The van der Waals surface area contributed by atoms with Crippen LogP contribution in [0.1, 0.15) is 11.3 Å². The van der Waals surface area contributed by atoms with Gasteiger partial charge in [0.25, 0.3) is 0 Å². The van der Waals surface area contributed by atoms with E-state index in [-0.39, 0.29) is 12.3 Å². The second kappa shape index (κ2) is 4.69. The molecule has 0 aliphatic carbocycles. The zero-order valence-electron chi connectivity index (χ0n) is 8.87. The second-order valence-corrected chi connectivity index (χ2v) is 6.40. The fourth-order valence-electron chi connectivity index (χ4n) is 1.91. The van der Waals surface area contributed by atoms with Crippen LogP contribution in [0.3, 0.4) is 0 Å². The van der Waals surface area contributed by atoms with Crippen LogP contribution in [0.5, 0.6) is 0 Å². The molecule has 5 nitrogen and oxygen atoms in total. The van der Waals surface area contributed by atoms with E-state index in [9.17, 15) is 17.1 Å². The van der Waals surface area contributed by atoms with Gasteiger partial charge in [0.1, 0.15) is 0 Å². The zero-order chi connectivity index (χ0) is 12.5. The van der Waals surface area contributed by atoms with Crippen molar-refractivity contribution in [2.45, 2.75) is 13.0 Å². The Morgan fingerprint density at radius 2 is 2.35 bits per heavy atom. The number of thiazole rings is 1. The lowest BCUT2D eigenvalue weighted by molar-refractivity contribution is -0.128. The van der Waals surface area contributed by atoms with Crippen LogP contribution in [0, 0.1) is 5.92 Å². The molecule has 1 unspecified atom stereocenters. The molecule has 8 heteroatoms. The molecule has 2 heterocycles. The Labute approximate surface area is 102 Å². The van der Waals surface area contributed by atoms with E-state index in [1.165, 1.54) is 11.3 Å². The summed E-state index contributed by atoms with van der Waals surface area (Å²) in [5, 5.41) is 0. The average Bonchev–Trinajstić information content (AvgIpc) is 2.75. The number of nitrogens with zero attached hydrogens (tertiary/aromatic N) is 2. The van der Waals surface area contributed by atoms with Gasteiger partial charge in [0, 0.05) is 30.0 Å². The number of halogens is 1. The molecular weight excluding hydrogens is 267 g/mol. The van der Waals surface area contributed by atoms with Crippen LogP contribution < -0.4 is 0 Å². The molecule has 94 valence electrons. The number of hydrogen-bond acceptors (Lipinski definition) is 5. The summed E-state index contributed by atoms with van der Waals surface area (Å²) in [6.07, 6.45) is 1.76. The van der Waals surface area contributed by atoms with Crippen molar-refractivity contribution in [2.75, 3.05) is 12.3 Å². The highest BCUT2D eigenvalue weighted by atomic mass is 32.3. The quantitative estimate of drug-likeness (QED) is 0.764. The first kappa shape index (κ1) is 12.4. The standard InChI is InChI=1S/C9H11FN2O3S2/c10-17(14,15)5-7-1-9(13)12(3-7)4-8-2-11-6-16-8/h2,6-7H,1,3-5H2. The summed E-state index contributed by atoms with van der Waals surface area (Å²) in [4.78, 5) is 18.0. The van der Waals surface area contributed by atoms with E-state index in [4.69, 9.17) is 0 Å². The normalized spacial score (nSPS) is 21.1. The Morgan fingerprint density at radius 3 is 2.94 bits per heavy atom. The fourth-order valence-corrected chi connectivity index (χ4v) is 3.30. The van der Waals surface area contributed by atoms with Crippen LogP contribution in [-0.2, 0) is 21.6 Å². The Hall–Kier alpha value is -1.02. The number of amides is 1. The van der Waals surface area contributed by atoms with Gasteiger partial charge in [0.2, 0.25) is 5.91 Å². The van der Waals surface area contributed by atoms with Gasteiger partial charge in [-0.2, -0.15) is 8.42 Å². The van der Waals surface area contributed by atoms with Gasteiger partial charge in [-0.25, -0.2) is 0 Å². The van der Waals surface area contributed by atoms with E-state index < -0.39 is 21.9 Å². The van der Waals surface area contributed by atoms with Crippen molar-refractivity contribution in [1.29, 1.82) is 0 Å². The average molecular weight is 278 g/mol. The summed E-state index contributed by atoms with van der Waals surface area (Å²) < 4.78 is 33.5. The summed E-state index contributed by atoms with van der Waals surface area (Å²) in [5.41, 5.74) is 1.67. The lowest BCUT2D eigenvalue weighted by Gasteiger charge is -2.14. The summed E-state index contributed by atoms with van der Waals surface area (Å²) >= 11 is 1.43. The van der Waals surface area contributed by atoms with Crippen molar-refractivity contribution < 1.29 is 17.1 Å². The second-order valence-electron chi connectivity index (χ2n) is 4.02. The van der Waals surface area contributed by atoms with Crippen molar-refractivity contribution in [2.24, 2.45) is 5.92 Å². The topological polar surface area (TPSA) is 67.3 Å². The Morgan fingerprint density at radius 1 is 1.59 bits per heavy atom. The lowest BCUT2D eigenvalue weighted by atomic mass is 10.1. The number of rotatable bonds is 4. The largest absolute Gasteiger partial charge is 0.337 e. The Kier molecular flexibility index (Phi) is 3.43. The number of likely N-dealkylation sites (tertiary alicyclic amines) is 1. The van der Waals surface area contributed by atoms with E-state index in [1.807, 2.05) is 0 Å². The fraction of sp³-hybridized carbons (Fsp3) is 0.556. The van der Waals surface area contributed by atoms with E-state index in [0.717, 1.165) is 4.88 Å². The van der Waals surface area contributed by atoms with Crippen LogP contribution in [0.25, 0.3) is 0 Å². The highest BCUT2D eigenvalue weighted by Crippen LogP contribution is 2.22. The number of carbonyl (C=O) groups excluding carboxylic acids is 1. The molecule has 1 aromatic rings. The van der Waals surface area contributed by atoms with Crippen LogP contribution in [0.15, 0.2) is 11.7 Å². The highest BCUT2D eigenvalue weighted by Gasteiger charge is 2.32. The molecule has 1 aliphatic heterocycles. The molecule has 1 fully saturated rings. The van der Waals surface area contributed by atoms with Gasteiger partial charge in [-0.05, 0) is 0 Å². The van der Waals surface area contributed by atoms with Crippen molar-refractivity contribution >= 4 is 27.5 Å². The predicted octanol–water partition coefficient (Wildman–Crippen LogP) is 0.791. The summed E-state index contributed by atoms with van der Waals surface area (Å²) in [6.45, 7) is 0.715. The maximum atomic E-state index is 12.5. The molecule has 0 aromatic carbocycles. The third-order valence-electron chi connectivity index (χ3n) is 2.56. The van der Waals surface area contributed by atoms with Crippen LogP contribution in [-0.4, -0.2) is 36.5 Å². The van der Waals surface area contributed by atoms with Gasteiger partial charge in [-0.3, -0.25) is 9.78 Å².